The van der Waals surface area contributed by atoms with Crippen LogP contribution in [-0.2, 0) is 5.41 Å². The molecule has 0 N–H and O–H groups in total. The molecular formula is C71H48N2O. The van der Waals surface area contributed by atoms with Gasteiger partial charge in [-0.1, -0.05) is 218 Å². The van der Waals surface area contributed by atoms with Crippen molar-refractivity contribution in [2.24, 2.45) is 0 Å². The summed E-state index contributed by atoms with van der Waals surface area (Å²) in [6.07, 6.45) is 0. The lowest BCUT2D eigenvalue weighted by molar-refractivity contribution is 0.488. The van der Waals surface area contributed by atoms with Crippen molar-refractivity contribution >= 4 is 44.9 Å². The van der Waals surface area contributed by atoms with Gasteiger partial charge in [-0.3, -0.25) is 0 Å². The molecule has 0 saturated heterocycles. The maximum Gasteiger partial charge on any atom is 0.159 e. The van der Waals surface area contributed by atoms with Crippen LogP contribution in [0, 0.1) is 0 Å². The van der Waals surface area contributed by atoms with E-state index in [1.165, 1.54) is 50.1 Å². The van der Waals surface area contributed by atoms with Gasteiger partial charge in [-0.15, -0.1) is 0 Å². The summed E-state index contributed by atoms with van der Waals surface area (Å²) in [4.78, 5) is 4.70. The smallest absolute Gasteiger partial charge is 0.159 e. The molecule has 0 bridgehead atoms. The quantitative estimate of drug-likeness (QED) is 0.136. The lowest BCUT2D eigenvalue weighted by Crippen LogP contribution is -2.28. The third kappa shape index (κ3) is 7.04. The second-order valence-electron chi connectivity index (χ2n) is 19.2. The second-order valence-corrected chi connectivity index (χ2v) is 19.2. The highest BCUT2D eigenvalue weighted by atomic mass is 16.5. The highest BCUT2D eigenvalue weighted by Crippen LogP contribution is 2.58. The molecule has 1 heterocycles. The maximum absolute atomic E-state index is 7.38. The molecule has 1 aliphatic heterocycles. The molecule has 348 valence electrons. The number of para-hydroxylation sites is 2. The Balaban J connectivity index is 0.949. The highest BCUT2D eigenvalue weighted by molar-refractivity contribution is 6.08. The van der Waals surface area contributed by atoms with Gasteiger partial charge in [-0.2, -0.15) is 0 Å². The number of rotatable bonds is 10. The zero-order valence-corrected chi connectivity index (χ0v) is 40.5. The van der Waals surface area contributed by atoms with Gasteiger partial charge in [0, 0.05) is 45.5 Å². The van der Waals surface area contributed by atoms with E-state index < -0.39 is 5.41 Å². The van der Waals surface area contributed by atoms with E-state index in [0.717, 1.165) is 73.1 Å². The van der Waals surface area contributed by atoms with Crippen LogP contribution in [0.2, 0.25) is 0 Å². The minimum atomic E-state index is -0.562. The van der Waals surface area contributed by atoms with Crippen molar-refractivity contribution in [2.75, 3.05) is 9.80 Å². The van der Waals surface area contributed by atoms with Gasteiger partial charge in [-0.25, -0.2) is 0 Å². The summed E-state index contributed by atoms with van der Waals surface area (Å²) in [7, 11) is 0. The minimum absolute atomic E-state index is 0.562. The Morgan fingerprint density at radius 1 is 0.284 bits per heavy atom. The summed E-state index contributed by atoms with van der Waals surface area (Å²) >= 11 is 0. The second kappa shape index (κ2) is 17.9. The van der Waals surface area contributed by atoms with Crippen molar-refractivity contribution in [1.82, 2.24) is 0 Å². The van der Waals surface area contributed by atoms with Gasteiger partial charge >= 0.3 is 0 Å². The zero-order chi connectivity index (χ0) is 49.0. The summed E-state index contributed by atoms with van der Waals surface area (Å²) in [6, 6.07) is 105. The molecule has 3 nitrogen and oxygen atoms in total. The van der Waals surface area contributed by atoms with E-state index in [4.69, 9.17) is 4.74 Å². The van der Waals surface area contributed by atoms with Crippen LogP contribution in [0.1, 0.15) is 22.3 Å². The van der Waals surface area contributed by atoms with E-state index in [1.54, 1.807) is 0 Å². The molecule has 14 rings (SSSR count). The Kier molecular flexibility index (Phi) is 10.4. The molecule has 0 saturated carbocycles. The van der Waals surface area contributed by atoms with E-state index in [9.17, 15) is 0 Å². The van der Waals surface area contributed by atoms with E-state index in [1.807, 2.05) is 0 Å². The van der Waals surface area contributed by atoms with Crippen molar-refractivity contribution in [3.8, 4) is 56.0 Å². The number of hydrogen-bond acceptors (Lipinski definition) is 3. The molecule has 12 aromatic rings. The van der Waals surface area contributed by atoms with Crippen LogP contribution >= 0.6 is 0 Å². The molecule has 0 aromatic heterocycles. The molecule has 0 radical (unpaired) electrons. The van der Waals surface area contributed by atoms with E-state index in [2.05, 4.69) is 301 Å². The molecule has 74 heavy (non-hydrogen) atoms. The first-order chi connectivity index (χ1) is 36.7. The maximum atomic E-state index is 7.38. The number of anilines is 6. The molecule has 3 heteroatoms. The largest absolute Gasteiger partial charge is 0.454 e. The summed E-state index contributed by atoms with van der Waals surface area (Å²) < 4.78 is 7.38. The Morgan fingerprint density at radius 3 is 1.36 bits per heavy atom. The average Bonchev–Trinajstić information content (AvgIpc) is 3.85. The van der Waals surface area contributed by atoms with Crippen LogP contribution in [0.3, 0.4) is 0 Å². The minimum Gasteiger partial charge on any atom is -0.454 e. The SMILES string of the molecule is c1ccc(-c2ccc(-c3ccc(N(c4ccc5c(c4)Oc4c(N(c6ccccc6)c6ccccc6)ccc6cccc-5c46)c4ccc5c(c4)C(c4ccccc4)(c4ccccc4)c4ccccc4-5)cc3)cc2)cc1. The Morgan fingerprint density at radius 2 is 0.743 bits per heavy atom. The Labute approximate surface area is 432 Å². The van der Waals surface area contributed by atoms with Crippen LogP contribution in [-0.4, -0.2) is 0 Å². The van der Waals surface area contributed by atoms with Crippen LogP contribution in [0.15, 0.2) is 291 Å². The van der Waals surface area contributed by atoms with Gasteiger partial charge in [0.2, 0.25) is 0 Å². The van der Waals surface area contributed by atoms with Crippen molar-refractivity contribution in [3.63, 3.8) is 0 Å². The molecule has 0 fully saturated rings. The normalized spacial score (nSPS) is 12.5. The number of nitrogens with zero attached hydrogens (tertiary/aromatic N) is 2. The predicted octanol–water partition coefficient (Wildman–Crippen LogP) is 19.2. The molecule has 0 spiro atoms. The van der Waals surface area contributed by atoms with Crippen LogP contribution in [0.4, 0.5) is 34.1 Å². The third-order valence-corrected chi connectivity index (χ3v) is 15.1. The number of fused-ring (bicyclic) bond motifs is 5. The highest BCUT2D eigenvalue weighted by Gasteiger charge is 2.46. The topological polar surface area (TPSA) is 15.7 Å². The number of hydrogen-bond donors (Lipinski definition) is 0. The monoisotopic (exact) mass is 944 g/mol. The average molecular weight is 945 g/mol. The van der Waals surface area contributed by atoms with Crippen LogP contribution < -0.4 is 14.5 Å². The fourth-order valence-electron chi connectivity index (χ4n) is 11.8. The summed E-state index contributed by atoms with van der Waals surface area (Å²) in [5.74, 6) is 1.63. The van der Waals surface area contributed by atoms with Gasteiger partial charge in [0.1, 0.15) is 5.75 Å². The summed E-state index contributed by atoms with van der Waals surface area (Å²) in [5, 5.41) is 2.23. The Hall–Kier alpha value is -9.70. The van der Waals surface area contributed by atoms with E-state index >= 15 is 0 Å². The van der Waals surface area contributed by atoms with Crippen molar-refractivity contribution in [1.29, 1.82) is 0 Å². The molecule has 0 amide bonds. The van der Waals surface area contributed by atoms with Gasteiger partial charge in [0.15, 0.2) is 5.75 Å². The standard InChI is InChI=1S/C71H48N2O/c1-6-19-49(20-7-1)50-33-35-51(36-34-50)52-37-40-58(41-38-52)72(59-42-44-62-61-30-16-17-32-65(61)71(66(62)47-59,54-22-8-2-9-23-54)55-24-10-3-11-25-55)60-43-45-63-64-31-18-21-53-39-46-67(70(69(53)64)74-68(63)48-60)73(56-26-12-4-13-27-56)57-28-14-5-15-29-57/h1-48H. The van der Waals surface area contributed by atoms with Crippen molar-refractivity contribution in [3.05, 3.63) is 313 Å². The summed E-state index contributed by atoms with van der Waals surface area (Å²) in [5.41, 5.74) is 20.0. The lowest BCUT2D eigenvalue weighted by atomic mass is 9.67. The van der Waals surface area contributed by atoms with E-state index in [0.29, 0.717) is 0 Å². The fraction of sp³-hybridized carbons (Fsp3) is 0.0141. The van der Waals surface area contributed by atoms with Crippen LogP contribution in [0.5, 0.6) is 11.5 Å². The van der Waals surface area contributed by atoms with Gasteiger partial charge in [0.05, 0.1) is 11.1 Å². The molecule has 0 unspecified atom stereocenters. The molecule has 2 aliphatic rings. The fourth-order valence-corrected chi connectivity index (χ4v) is 11.8. The summed E-state index contributed by atoms with van der Waals surface area (Å²) in [6.45, 7) is 0. The lowest BCUT2D eigenvalue weighted by Gasteiger charge is -2.35. The molecule has 12 aromatic carbocycles. The number of ether oxygens (including phenoxy) is 1. The molecular weight excluding hydrogens is 897 g/mol. The Bertz CT molecular complexity index is 3930. The zero-order valence-electron chi connectivity index (χ0n) is 40.5. The first kappa shape index (κ1) is 43.1. The van der Waals surface area contributed by atoms with Gasteiger partial charge in [0.25, 0.3) is 0 Å². The van der Waals surface area contributed by atoms with Crippen LogP contribution in [0.25, 0.3) is 55.3 Å². The predicted molar refractivity (Wildman–Crippen MR) is 307 cm³/mol. The van der Waals surface area contributed by atoms with Crippen molar-refractivity contribution < 1.29 is 4.74 Å². The van der Waals surface area contributed by atoms with Gasteiger partial charge in [-0.05, 0) is 133 Å². The van der Waals surface area contributed by atoms with E-state index in [-0.39, 0.29) is 0 Å². The third-order valence-electron chi connectivity index (χ3n) is 15.1. The molecule has 1 aliphatic carbocycles. The first-order valence-corrected chi connectivity index (χ1v) is 25.4. The first-order valence-electron chi connectivity index (χ1n) is 25.4. The molecule has 0 atom stereocenters. The van der Waals surface area contributed by atoms with Gasteiger partial charge < -0.3 is 14.5 Å². The van der Waals surface area contributed by atoms with Crippen molar-refractivity contribution in [2.45, 2.75) is 5.41 Å². The number of benzene rings is 12.